The highest BCUT2D eigenvalue weighted by Crippen LogP contribution is 2.16. The second kappa shape index (κ2) is 7.76. The number of aromatic amines is 1. The number of aryl methyl sites for hydroxylation is 3. The number of thiazole rings is 1. The van der Waals surface area contributed by atoms with E-state index in [0.29, 0.717) is 20.5 Å². The van der Waals surface area contributed by atoms with Gasteiger partial charge in [0.2, 0.25) is 0 Å². The minimum absolute atomic E-state index is 0.163. The van der Waals surface area contributed by atoms with Gasteiger partial charge in [-0.2, -0.15) is 0 Å². The molecule has 0 spiro atoms. The van der Waals surface area contributed by atoms with Crippen LogP contribution < -0.4 is 19.5 Å². The molecule has 5 heteroatoms. The second-order valence-electron chi connectivity index (χ2n) is 6.48. The van der Waals surface area contributed by atoms with Crippen LogP contribution in [0.15, 0.2) is 41.2 Å². The van der Waals surface area contributed by atoms with Crippen molar-refractivity contribution in [1.82, 2.24) is 4.98 Å². The van der Waals surface area contributed by atoms with Crippen molar-refractivity contribution in [2.24, 2.45) is 0 Å². The highest BCUT2D eigenvalue weighted by Gasteiger charge is 2.05. The van der Waals surface area contributed by atoms with E-state index >= 15 is 0 Å². The van der Waals surface area contributed by atoms with Crippen molar-refractivity contribution in [2.45, 2.75) is 20.8 Å². The van der Waals surface area contributed by atoms with Crippen LogP contribution in [0.25, 0.3) is 12.2 Å². The van der Waals surface area contributed by atoms with Crippen molar-refractivity contribution in [3.8, 4) is 5.75 Å². The van der Waals surface area contributed by atoms with Gasteiger partial charge in [0.1, 0.15) is 5.75 Å². The summed E-state index contributed by atoms with van der Waals surface area (Å²) >= 11 is 1.28. The largest absolute Gasteiger partial charge is 0.497 e. The summed E-state index contributed by atoms with van der Waals surface area (Å²) in [6.45, 7) is 6.13. The number of Topliss-reactive ketones (excluding diaryl/α,β-unsaturated/α-hetero) is 1. The molecule has 0 fully saturated rings. The number of nitrogens with one attached hydrogen (secondary N) is 1. The van der Waals surface area contributed by atoms with E-state index in [-0.39, 0.29) is 11.3 Å². The Labute approximate surface area is 161 Å². The van der Waals surface area contributed by atoms with Crippen molar-refractivity contribution < 1.29 is 9.53 Å². The first-order valence-electron chi connectivity index (χ1n) is 8.56. The number of ketones is 1. The number of methoxy groups -OCH3 is 1. The normalized spacial score (nSPS) is 12.4. The fourth-order valence-corrected chi connectivity index (χ4v) is 3.90. The van der Waals surface area contributed by atoms with Gasteiger partial charge in [0.05, 0.1) is 16.3 Å². The van der Waals surface area contributed by atoms with Gasteiger partial charge in [0.15, 0.2) is 5.78 Å². The summed E-state index contributed by atoms with van der Waals surface area (Å²) in [7, 11) is 1.58. The number of hydrogen-bond donors (Lipinski definition) is 1. The van der Waals surface area contributed by atoms with Crippen LogP contribution in [0.5, 0.6) is 5.75 Å². The number of aromatic nitrogens is 1. The fraction of sp³-hybridized carbons (Fsp3) is 0.182. The molecular formula is C22H21NO3S. The summed E-state index contributed by atoms with van der Waals surface area (Å²) in [5, 5.41) is 0. The first-order chi connectivity index (χ1) is 12.9. The Morgan fingerprint density at radius 3 is 2.30 bits per heavy atom. The number of H-pyrrole nitrogens is 1. The minimum atomic E-state index is -0.187. The molecular weight excluding hydrogens is 358 g/mol. The monoisotopic (exact) mass is 379 g/mol. The Hall–Kier alpha value is -2.92. The molecule has 0 saturated carbocycles. The SMILES string of the molecule is COc1ccc(C(=O)/C=c2\[nH]c(=O)/c(=C\c3c(C)cc(C)cc3C)s2)cc1. The van der Waals surface area contributed by atoms with Crippen LogP contribution >= 0.6 is 11.3 Å². The van der Waals surface area contributed by atoms with Crippen molar-refractivity contribution in [1.29, 1.82) is 0 Å². The van der Waals surface area contributed by atoms with Crippen LogP contribution in [-0.4, -0.2) is 17.9 Å². The average molecular weight is 379 g/mol. The summed E-state index contributed by atoms with van der Waals surface area (Å²) in [5.41, 5.74) is 4.84. The van der Waals surface area contributed by atoms with Gasteiger partial charge in [-0.05, 0) is 67.8 Å². The maximum absolute atomic E-state index is 12.4. The summed E-state index contributed by atoms with van der Waals surface area (Å²) in [6, 6.07) is 11.1. The number of benzene rings is 2. The third-order valence-electron chi connectivity index (χ3n) is 4.33. The maximum Gasteiger partial charge on any atom is 0.266 e. The molecule has 0 aliphatic rings. The quantitative estimate of drug-likeness (QED) is 0.709. The summed E-state index contributed by atoms with van der Waals surface area (Å²) in [4.78, 5) is 27.5. The molecule has 0 atom stereocenters. The van der Waals surface area contributed by atoms with E-state index in [1.807, 2.05) is 19.9 Å². The third-order valence-corrected chi connectivity index (χ3v) is 5.29. The number of carbonyl (C=O) groups excluding carboxylic acids is 1. The van der Waals surface area contributed by atoms with Gasteiger partial charge in [0.25, 0.3) is 5.56 Å². The van der Waals surface area contributed by atoms with Crippen LogP contribution in [0.4, 0.5) is 0 Å². The Bertz CT molecular complexity index is 1140. The molecule has 0 aliphatic carbocycles. The molecule has 1 N–H and O–H groups in total. The molecule has 2 aromatic carbocycles. The van der Waals surface area contributed by atoms with Crippen LogP contribution in [0.1, 0.15) is 32.6 Å². The van der Waals surface area contributed by atoms with Gasteiger partial charge in [-0.15, -0.1) is 11.3 Å². The number of carbonyl (C=O) groups is 1. The Morgan fingerprint density at radius 2 is 1.70 bits per heavy atom. The van der Waals surface area contributed by atoms with E-state index in [1.165, 1.54) is 23.0 Å². The van der Waals surface area contributed by atoms with Crippen LogP contribution in [0, 0.1) is 20.8 Å². The smallest absolute Gasteiger partial charge is 0.266 e. The fourth-order valence-electron chi connectivity index (χ4n) is 3.03. The molecule has 0 saturated heterocycles. The molecule has 0 amide bonds. The molecule has 3 aromatic rings. The Morgan fingerprint density at radius 1 is 1.07 bits per heavy atom. The lowest BCUT2D eigenvalue weighted by atomic mass is 10.00. The van der Waals surface area contributed by atoms with Gasteiger partial charge in [-0.25, -0.2) is 0 Å². The van der Waals surface area contributed by atoms with E-state index < -0.39 is 0 Å². The summed E-state index contributed by atoms with van der Waals surface area (Å²) < 4.78 is 6.22. The van der Waals surface area contributed by atoms with Gasteiger partial charge in [-0.1, -0.05) is 17.7 Å². The van der Waals surface area contributed by atoms with Crippen molar-refractivity contribution in [2.75, 3.05) is 7.11 Å². The van der Waals surface area contributed by atoms with Gasteiger partial charge < -0.3 is 9.72 Å². The predicted octanol–water partition coefficient (Wildman–Crippen LogP) is 2.86. The van der Waals surface area contributed by atoms with E-state index in [0.717, 1.165) is 16.7 Å². The summed E-state index contributed by atoms with van der Waals surface area (Å²) in [5.74, 6) is 0.529. The van der Waals surface area contributed by atoms with Crippen LogP contribution in [0.2, 0.25) is 0 Å². The van der Waals surface area contributed by atoms with Crippen molar-refractivity contribution >= 4 is 29.3 Å². The molecule has 0 unspecified atom stereocenters. The highest BCUT2D eigenvalue weighted by atomic mass is 32.1. The number of hydrogen-bond acceptors (Lipinski definition) is 4. The lowest BCUT2D eigenvalue weighted by Crippen LogP contribution is -2.20. The van der Waals surface area contributed by atoms with Crippen molar-refractivity contribution in [3.63, 3.8) is 0 Å². The lowest BCUT2D eigenvalue weighted by Gasteiger charge is -2.06. The van der Waals surface area contributed by atoms with Crippen LogP contribution in [0.3, 0.4) is 0 Å². The molecule has 0 bridgehead atoms. The van der Waals surface area contributed by atoms with E-state index in [2.05, 4.69) is 24.0 Å². The topological polar surface area (TPSA) is 59.2 Å². The molecule has 27 heavy (non-hydrogen) atoms. The van der Waals surface area contributed by atoms with E-state index in [4.69, 9.17) is 4.74 Å². The van der Waals surface area contributed by atoms with Crippen molar-refractivity contribution in [3.05, 3.63) is 83.8 Å². The second-order valence-corrected chi connectivity index (χ2v) is 7.56. The van der Waals surface area contributed by atoms with Gasteiger partial charge >= 0.3 is 0 Å². The molecule has 0 radical (unpaired) electrons. The highest BCUT2D eigenvalue weighted by molar-refractivity contribution is 7.07. The Balaban J connectivity index is 2.00. The molecule has 1 heterocycles. The molecule has 4 nitrogen and oxygen atoms in total. The molecule has 3 rings (SSSR count). The standard InChI is InChI=1S/C22H21NO3S/c1-13-9-14(2)18(15(3)10-13)11-20-22(25)23-21(27-20)12-19(24)16-5-7-17(26-4)8-6-16/h5-12H,1-4H3,(H,23,25)/b20-11+,21-12+. The zero-order chi connectivity index (χ0) is 19.6. The van der Waals surface area contributed by atoms with E-state index in [9.17, 15) is 9.59 Å². The zero-order valence-corrected chi connectivity index (χ0v) is 16.6. The maximum atomic E-state index is 12.4. The number of rotatable bonds is 4. The zero-order valence-electron chi connectivity index (χ0n) is 15.8. The minimum Gasteiger partial charge on any atom is -0.497 e. The first kappa shape index (κ1) is 18.9. The average Bonchev–Trinajstić information content (AvgIpc) is 2.97. The third kappa shape index (κ3) is 4.26. The predicted molar refractivity (Wildman–Crippen MR) is 110 cm³/mol. The first-order valence-corrected chi connectivity index (χ1v) is 9.38. The molecule has 1 aromatic heterocycles. The van der Waals surface area contributed by atoms with Gasteiger partial charge in [-0.3, -0.25) is 9.59 Å². The Kier molecular flexibility index (Phi) is 5.42. The van der Waals surface area contributed by atoms with Gasteiger partial charge in [0, 0.05) is 11.6 Å². The number of ether oxygens (including phenoxy) is 1. The molecule has 0 aliphatic heterocycles. The summed E-state index contributed by atoms with van der Waals surface area (Å²) in [6.07, 6.45) is 3.35. The van der Waals surface area contributed by atoms with E-state index in [1.54, 1.807) is 31.4 Å². The lowest BCUT2D eigenvalue weighted by molar-refractivity contribution is 0.106. The molecule has 138 valence electrons. The van der Waals surface area contributed by atoms with Crippen LogP contribution in [-0.2, 0) is 0 Å².